The zero-order valence-corrected chi connectivity index (χ0v) is 10.0. The predicted octanol–water partition coefficient (Wildman–Crippen LogP) is 0.750. The zero-order chi connectivity index (χ0) is 12.5. The second kappa shape index (κ2) is 4.33. The fourth-order valence-electron chi connectivity index (χ4n) is 1.80. The molecular weight excluding hydrogens is 220 g/mol. The van der Waals surface area contributed by atoms with Gasteiger partial charge in [-0.15, -0.1) is 0 Å². The number of hydrogen-bond acceptors (Lipinski definition) is 3. The van der Waals surface area contributed by atoms with Gasteiger partial charge in [-0.1, -0.05) is 0 Å². The van der Waals surface area contributed by atoms with Gasteiger partial charge in [0.15, 0.2) is 0 Å². The summed E-state index contributed by atoms with van der Waals surface area (Å²) in [6.45, 7) is 0.449. The highest BCUT2D eigenvalue weighted by molar-refractivity contribution is 5.97. The van der Waals surface area contributed by atoms with Gasteiger partial charge >= 0.3 is 0 Å². The number of pyridine rings is 1. The number of hydrogen-bond donors (Lipinski definition) is 1. The lowest BCUT2D eigenvalue weighted by molar-refractivity contribution is -0.122. The summed E-state index contributed by atoms with van der Waals surface area (Å²) in [4.78, 5) is 23.2. The quantitative estimate of drug-likeness (QED) is 0.839. The summed E-state index contributed by atoms with van der Waals surface area (Å²) in [5.74, 6) is -0.0296. The molecule has 5 nitrogen and oxygen atoms in total. The molecule has 1 aromatic heterocycles. The van der Waals surface area contributed by atoms with Crippen molar-refractivity contribution in [3.63, 3.8) is 0 Å². The first-order chi connectivity index (χ1) is 8.07. The van der Waals surface area contributed by atoms with Crippen LogP contribution in [0.2, 0.25) is 0 Å². The van der Waals surface area contributed by atoms with Crippen molar-refractivity contribution in [2.75, 3.05) is 19.0 Å². The van der Waals surface area contributed by atoms with Crippen molar-refractivity contribution in [1.82, 2.24) is 4.57 Å². The molecule has 0 aliphatic heterocycles. The van der Waals surface area contributed by atoms with Crippen LogP contribution in [0, 0.1) is 5.41 Å². The van der Waals surface area contributed by atoms with Crippen molar-refractivity contribution < 1.29 is 9.53 Å². The number of aromatic nitrogens is 1. The Bertz CT molecular complexity index is 489. The number of rotatable bonds is 4. The van der Waals surface area contributed by atoms with E-state index in [4.69, 9.17) is 4.74 Å². The fraction of sp³-hybridized carbons (Fsp3) is 0.500. The molecule has 1 saturated carbocycles. The van der Waals surface area contributed by atoms with E-state index in [0.29, 0.717) is 12.3 Å². The molecule has 0 radical (unpaired) electrons. The minimum absolute atomic E-state index is 0.0296. The minimum Gasteiger partial charge on any atom is -0.384 e. The number of ether oxygens (including phenoxy) is 1. The van der Waals surface area contributed by atoms with E-state index >= 15 is 0 Å². The summed E-state index contributed by atoms with van der Waals surface area (Å²) in [6, 6.07) is 3.05. The predicted molar refractivity (Wildman–Crippen MR) is 63.9 cm³/mol. The van der Waals surface area contributed by atoms with Gasteiger partial charge in [0.1, 0.15) is 0 Å². The first-order valence-electron chi connectivity index (χ1n) is 5.54. The summed E-state index contributed by atoms with van der Waals surface area (Å²) in [6.07, 6.45) is 3.33. The van der Waals surface area contributed by atoms with Crippen molar-refractivity contribution >= 4 is 11.6 Å². The van der Waals surface area contributed by atoms with E-state index in [1.54, 1.807) is 26.4 Å². The molecule has 1 aliphatic rings. The summed E-state index contributed by atoms with van der Waals surface area (Å²) in [5.41, 5.74) is 0.184. The second-order valence-electron chi connectivity index (χ2n) is 4.53. The number of anilines is 1. The normalized spacial score (nSPS) is 16.6. The van der Waals surface area contributed by atoms with Crippen LogP contribution in [0.15, 0.2) is 23.1 Å². The molecule has 0 bridgehead atoms. The largest absolute Gasteiger partial charge is 0.384 e. The van der Waals surface area contributed by atoms with Crippen LogP contribution in [0.25, 0.3) is 0 Å². The third-order valence-corrected chi connectivity index (χ3v) is 3.10. The molecule has 1 N–H and O–H groups in total. The van der Waals surface area contributed by atoms with Crippen LogP contribution in [0.3, 0.4) is 0 Å². The van der Waals surface area contributed by atoms with Gasteiger partial charge in [-0.05, 0) is 18.9 Å². The van der Waals surface area contributed by atoms with E-state index in [9.17, 15) is 9.59 Å². The Labute approximate surface area is 99.4 Å². The molecule has 92 valence electrons. The Kier molecular flexibility index (Phi) is 3.02. The standard InChI is InChI=1S/C12H16N2O3/c1-14-7-9(3-4-10(14)15)13-11(16)12(5-6-12)8-17-2/h3-4,7H,5-6,8H2,1-2H3,(H,13,16). The van der Waals surface area contributed by atoms with Crippen LogP contribution < -0.4 is 10.9 Å². The van der Waals surface area contributed by atoms with E-state index in [0.717, 1.165) is 12.8 Å². The summed E-state index contributed by atoms with van der Waals surface area (Å²) < 4.78 is 6.49. The van der Waals surface area contributed by atoms with Crippen LogP contribution in [-0.4, -0.2) is 24.2 Å². The molecule has 1 aliphatic carbocycles. The number of amides is 1. The highest BCUT2D eigenvalue weighted by atomic mass is 16.5. The maximum absolute atomic E-state index is 12.0. The summed E-state index contributed by atoms with van der Waals surface area (Å²) in [5, 5.41) is 2.82. The van der Waals surface area contributed by atoms with Gasteiger partial charge < -0.3 is 14.6 Å². The average Bonchev–Trinajstić information content (AvgIpc) is 3.05. The van der Waals surface area contributed by atoms with Gasteiger partial charge in [0.25, 0.3) is 0 Å². The molecular formula is C12H16N2O3. The van der Waals surface area contributed by atoms with E-state index < -0.39 is 0 Å². The van der Waals surface area contributed by atoms with Crippen LogP contribution in [0.4, 0.5) is 5.69 Å². The van der Waals surface area contributed by atoms with Crippen molar-refractivity contribution in [3.05, 3.63) is 28.7 Å². The molecule has 0 unspecified atom stereocenters. The Morgan fingerprint density at radius 2 is 2.24 bits per heavy atom. The molecule has 2 rings (SSSR count). The number of aryl methyl sites for hydroxylation is 1. The topological polar surface area (TPSA) is 60.3 Å². The molecule has 1 heterocycles. The molecule has 1 amide bonds. The molecule has 5 heteroatoms. The number of methoxy groups -OCH3 is 1. The van der Waals surface area contributed by atoms with Crippen molar-refractivity contribution in [3.8, 4) is 0 Å². The van der Waals surface area contributed by atoms with E-state index in [-0.39, 0.29) is 16.9 Å². The van der Waals surface area contributed by atoms with Crippen LogP contribution >= 0.6 is 0 Å². The second-order valence-corrected chi connectivity index (χ2v) is 4.53. The monoisotopic (exact) mass is 236 g/mol. The molecule has 1 aromatic rings. The summed E-state index contributed by atoms with van der Waals surface area (Å²) in [7, 11) is 3.25. The molecule has 0 aromatic carbocycles. The molecule has 17 heavy (non-hydrogen) atoms. The van der Waals surface area contributed by atoms with E-state index in [2.05, 4.69) is 5.32 Å². The highest BCUT2D eigenvalue weighted by Gasteiger charge is 2.49. The van der Waals surface area contributed by atoms with Crippen molar-refractivity contribution in [2.45, 2.75) is 12.8 Å². The van der Waals surface area contributed by atoms with E-state index in [1.165, 1.54) is 10.6 Å². The minimum atomic E-state index is -0.358. The lowest BCUT2D eigenvalue weighted by Crippen LogP contribution is -2.28. The van der Waals surface area contributed by atoms with Crippen LogP contribution in [0.1, 0.15) is 12.8 Å². The number of nitrogens with one attached hydrogen (secondary N) is 1. The Hall–Kier alpha value is -1.62. The highest BCUT2D eigenvalue weighted by Crippen LogP contribution is 2.46. The molecule has 0 saturated heterocycles. The van der Waals surface area contributed by atoms with Crippen molar-refractivity contribution in [2.24, 2.45) is 12.5 Å². The van der Waals surface area contributed by atoms with Gasteiger partial charge in [0.2, 0.25) is 11.5 Å². The third kappa shape index (κ3) is 2.39. The smallest absolute Gasteiger partial charge is 0.250 e. The van der Waals surface area contributed by atoms with Gasteiger partial charge in [-0.25, -0.2) is 0 Å². The maximum Gasteiger partial charge on any atom is 0.250 e. The lowest BCUT2D eigenvalue weighted by Gasteiger charge is -2.14. The van der Waals surface area contributed by atoms with Gasteiger partial charge in [-0.2, -0.15) is 0 Å². The Morgan fingerprint density at radius 1 is 1.53 bits per heavy atom. The van der Waals surface area contributed by atoms with Crippen molar-refractivity contribution in [1.29, 1.82) is 0 Å². The zero-order valence-electron chi connectivity index (χ0n) is 10.0. The first kappa shape index (κ1) is 11.9. The SMILES string of the molecule is COCC1(C(=O)Nc2ccc(=O)n(C)c2)CC1. The molecule has 0 spiro atoms. The van der Waals surface area contributed by atoms with Gasteiger partial charge in [-0.3, -0.25) is 9.59 Å². The maximum atomic E-state index is 12.0. The number of carbonyl (C=O) groups excluding carboxylic acids is 1. The fourth-order valence-corrected chi connectivity index (χ4v) is 1.80. The number of carbonyl (C=O) groups is 1. The number of nitrogens with zero attached hydrogens (tertiary/aromatic N) is 1. The Balaban J connectivity index is 2.08. The van der Waals surface area contributed by atoms with Crippen LogP contribution in [-0.2, 0) is 16.6 Å². The van der Waals surface area contributed by atoms with Crippen LogP contribution in [0.5, 0.6) is 0 Å². The Morgan fingerprint density at radius 3 is 2.76 bits per heavy atom. The van der Waals surface area contributed by atoms with E-state index in [1.807, 2.05) is 0 Å². The third-order valence-electron chi connectivity index (χ3n) is 3.10. The lowest BCUT2D eigenvalue weighted by atomic mass is 10.1. The first-order valence-corrected chi connectivity index (χ1v) is 5.54. The van der Waals surface area contributed by atoms with Gasteiger partial charge in [0, 0.05) is 26.4 Å². The molecule has 1 fully saturated rings. The average molecular weight is 236 g/mol. The molecule has 0 atom stereocenters. The summed E-state index contributed by atoms with van der Waals surface area (Å²) >= 11 is 0. The van der Waals surface area contributed by atoms with Gasteiger partial charge in [0.05, 0.1) is 17.7 Å².